The van der Waals surface area contributed by atoms with Crippen molar-refractivity contribution in [3.63, 3.8) is 0 Å². The van der Waals surface area contributed by atoms with Crippen LogP contribution in [0.1, 0.15) is 5.76 Å². The summed E-state index contributed by atoms with van der Waals surface area (Å²) in [5.74, 6) is -0.287. The predicted octanol–water partition coefficient (Wildman–Crippen LogP) is 0.803. The lowest BCUT2D eigenvalue weighted by atomic mass is 10.3. The average Bonchev–Trinajstić information content (AvgIpc) is 2.65. The Morgan fingerprint density at radius 1 is 1.54 bits per heavy atom. The van der Waals surface area contributed by atoms with E-state index in [4.69, 9.17) is 4.42 Å². The van der Waals surface area contributed by atoms with Crippen LogP contribution in [0.5, 0.6) is 0 Å². The van der Waals surface area contributed by atoms with Gasteiger partial charge in [0.15, 0.2) is 5.76 Å². The van der Waals surface area contributed by atoms with E-state index >= 15 is 0 Å². The fourth-order valence-corrected chi connectivity index (χ4v) is 0.784. The van der Waals surface area contributed by atoms with Crippen LogP contribution in [-0.4, -0.2) is 25.9 Å². The number of rotatable bonds is 3. The second kappa shape index (κ2) is 4.30. The molecule has 0 aliphatic rings. The van der Waals surface area contributed by atoms with Crippen molar-refractivity contribution in [2.45, 2.75) is 0 Å². The molecule has 0 saturated heterocycles. The minimum absolute atomic E-state index is 0.00926. The molecule has 0 spiro atoms. The maximum Gasteiger partial charge on any atom is 0.364 e. The van der Waals surface area contributed by atoms with Crippen molar-refractivity contribution < 1.29 is 18.8 Å². The standard InChI is InChI=1S/C8H9NO4/c1-11-8(10)7(9-12-2)6-4-3-5-13-6/h3-5H,1-2H3. The van der Waals surface area contributed by atoms with E-state index in [2.05, 4.69) is 14.7 Å². The summed E-state index contributed by atoms with van der Waals surface area (Å²) >= 11 is 0. The first-order valence-corrected chi connectivity index (χ1v) is 3.53. The van der Waals surface area contributed by atoms with Crippen LogP contribution in [0.25, 0.3) is 0 Å². The zero-order chi connectivity index (χ0) is 9.68. The molecule has 0 aliphatic carbocycles. The molecule has 0 amide bonds. The number of esters is 1. The molecular formula is C8H9NO4. The van der Waals surface area contributed by atoms with Gasteiger partial charge in [-0.1, -0.05) is 5.16 Å². The number of methoxy groups -OCH3 is 1. The van der Waals surface area contributed by atoms with Gasteiger partial charge in [0.1, 0.15) is 7.11 Å². The Bertz CT molecular complexity index is 302. The molecule has 0 atom stereocenters. The summed E-state index contributed by atoms with van der Waals surface area (Å²) in [5, 5.41) is 3.49. The number of carbonyl (C=O) groups is 1. The van der Waals surface area contributed by atoms with E-state index in [1.54, 1.807) is 12.1 Å². The molecule has 13 heavy (non-hydrogen) atoms. The van der Waals surface area contributed by atoms with Crippen molar-refractivity contribution in [3.8, 4) is 0 Å². The van der Waals surface area contributed by atoms with Gasteiger partial charge in [0, 0.05) is 0 Å². The predicted molar refractivity (Wildman–Crippen MR) is 44.3 cm³/mol. The van der Waals surface area contributed by atoms with Gasteiger partial charge in [0.2, 0.25) is 5.71 Å². The van der Waals surface area contributed by atoms with Crippen LogP contribution >= 0.6 is 0 Å². The Kier molecular flexibility index (Phi) is 3.08. The normalized spacial score (nSPS) is 11.1. The number of ether oxygens (including phenoxy) is 1. The van der Waals surface area contributed by atoms with Gasteiger partial charge in [-0.3, -0.25) is 0 Å². The van der Waals surface area contributed by atoms with Gasteiger partial charge in [0.05, 0.1) is 13.4 Å². The molecule has 0 N–H and O–H groups in total. The monoisotopic (exact) mass is 183 g/mol. The summed E-state index contributed by atoms with van der Waals surface area (Å²) in [6, 6.07) is 3.23. The first-order valence-electron chi connectivity index (χ1n) is 3.53. The van der Waals surface area contributed by atoms with E-state index in [-0.39, 0.29) is 5.71 Å². The molecule has 0 radical (unpaired) electrons. The fraction of sp³-hybridized carbons (Fsp3) is 0.250. The van der Waals surface area contributed by atoms with Crippen LogP contribution < -0.4 is 0 Å². The van der Waals surface area contributed by atoms with Crippen LogP contribution in [0.3, 0.4) is 0 Å². The molecule has 0 unspecified atom stereocenters. The van der Waals surface area contributed by atoms with Crippen LogP contribution in [0.15, 0.2) is 28.0 Å². The van der Waals surface area contributed by atoms with Gasteiger partial charge in [-0.15, -0.1) is 0 Å². The van der Waals surface area contributed by atoms with Crippen molar-refractivity contribution in [2.24, 2.45) is 5.16 Å². The van der Waals surface area contributed by atoms with E-state index in [9.17, 15) is 4.79 Å². The molecule has 0 fully saturated rings. The highest BCUT2D eigenvalue weighted by Gasteiger charge is 2.17. The Morgan fingerprint density at radius 2 is 2.31 bits per heavy atom. The van der Waals surface area contributed by atoms with Gasteiger partial charge in [-0.05, 0) is 12.1 Å². The SMILES string of the molecule is CON=C(C(=O)OC)c1ccco1. The lowest BCUT2D eigenvalue weighted by molar-refractivity contribution is -0.132. The van der Waals surface area contributed by atoms with E-state index in [1.807, 2.05) is 0 Å². The molecule has 1 aromatic heterocycles. The third-order valence-corrected chi connectivity index (χ3v) is 1.32. The largest absolute Gasteiger partial charge is 0.464 e. The zero-order valence-electron chi connectivity index (χ0n) is 7.31. The lowest BCUT2D eigenvalue weighted by Gasteiger charge is -1.98. The Morgan fingerprint density at radius 3 is 2.77 bits per heavy atom. The number of oxime groups is 1. The molecule has 0 aromatic carbocycles. The topological polar surface area (TPSA) is 61.0 Å². The summed E-state index contributed by atoms with van der Waals surface area (Å²) < 4.78 is 9.44. The smallest absolute Gasteiger partial charge is 0.364 e. The quantitative estimate of drug-likeness (QED) is 0.395. The first-order chi connectivity index (χ1) is 6.29. The summed E-state index contributed by atoms with van der Waals surface area (Å²) in [4.78, 5) is 15.6. The number of hydrogen-bond acceptors (Lipinski definition) is 5. The number of carbonyl (C=O) groups excluding carboxylic acids is 1. The third kappa shape index (κ3) is 2.08. The summed E-state index contributed by atoms with van der Waals surface area (Å²) in [6.45, 7) is 0. The highest BCUT2D eigenvalue weighted by atomic mass is 16.6. The van der Waals surface area contributed by atoms with Crippen LogP contribution in [0.4, 0.5) is 0 Å². The molecular weight excluding hydrogens is 174 g/mol. The highest BCUT2D eigenvalue weighted by molar-refractivity contribution is 6.42. The van der Waals surface area contributed by atoms with Crippen molar-refractivity contribution in [2.75, 3.05) is 14.2 Å². The van der Waals surface area contributed by atoms with Gasteiger partial charge >= 0.3 is 5.97 Å². The number of nitrogens with zero attached hydrogens (tertiary/aromatic N) is 1. The van der Waals surface area contributed by atoms with Crippen molar-refractivity contribution in [1.29, 1.82) is 0 Å². The summed E-state index contributed by atoms with van der Waals surface area (Å²) in [5.41, 5.74) is 0.00926. The van der Waals surface area contributed by atoms with E-state index in [0.717, 1.165) is 0 Å². The van der Waals surface area contributed by atoms with Crippen LogP contribution in [0.2, 0.25) is 0 Å². The maximum absolute atomic E-state index is 11.1. The average molecular weight is 183 g/mol. The molecule has 70 valence electrons. The van der Waals surface area contributed by atoms with Crippen molar-refractivity contribution in [1.82, 2.24) is 0 Å². The van der Waals surface area contributed by atoms with Gasteiger partial charge < -0.3 is 14.0 Å². The Hall–Kier alpha value is -1.78. The molecule has 0 aliphatic heterocycles. The Balaban J connectivity index is 2.94. The zero-order valence-corrected chi connectivity index (χ0v) is 7.31. The van der Waals surface area contributed by atoms with Crippen molar-refractivity contribution in [3.05, 3.63) is 24.2 Å². The third-order valence-electron chi connectivity index (χ3n) is 1.32. The van der Waals surface area contributed by atoms with E-state index in [1.165, 1.54) is 20.5 Å². The molecule has 5 heteroatoms. The molecule has 1 rings (SSSR count). The van der Waals surface area contributed by atoms with E-state index in [0.29, 0.717) is 5.76 Å². The molecule has 0 bridgehead atoms. The molecule has 5 nitrogen and oxygen atoms in total. The number of hydrogen-bond donors (Lipinski definition) is 0. The molecule has 1 aromatic rings. The minimum Gasteiger partial charge on any atom is -0.464 e. The van der Waals surface area contributed by atoms with Gasteiger partial charge in [-0.25, -0.2) is 4.79 Å². The Labute approximate surface area is 74.9 Å². The van der Waals surface area contributed by atoms with Gasteiger partial charge in [0.25, 0.3) is 0 Å². The second-order valence-electron chi connectivity index (χ2n) is 2.09. The second-order valence-corrected chi connectivity index (χ2v) is 2.09. The van der Waals surface area contributed by atoms with Gasteiger partial charge in [-0.2, -0.15) is 0 Å². The number of furan rings is 1. The lowest BCUT2D eigenvalue weighted by Crippen LogP contribution is -2.16. The minimum atomic E-state index is -0.600. The first kappa shape index (κ1) is 9.31. The molecule has 0 saturated carbocycles. The van der Waals surface area contributed by atoms with E-state index < -0.39 is 5.97 Å². The van der Waals surface area contributed by atoms with Crippen LogP contribution in [-0.2, 0) is 14.4 Å². The summed E-state index contributed by atoms with van der Waals surface area (Å²) in [6.07, 6.45) is 1.43. The molecule has 1 heterocycles. The highest BCUT2D eigenvalue weighted by Crippen LogP contribution is 2.04. The fourth-order valence-electron chi connectivity index (χ4n) is 0.784. The van der Waals surface area contributed by atoms with Crippen molar-refractivity contribution >= 4 is 11.7 Å². The summed E-state index contributed by atoms with van der Waals surface area (Å²) in [7, 11) is 2.60. The maximum atomic E-state index is 11.1. The van der Waals surface area contributed by atoms with Crippen LogP contribution in [0, 0.1) is 0 Å².